The van der Waals surface area contributed by atoms with E-state index in [4.69, 9.17) is 4.74 Å². The molecule has 10 heteroatoms. The molecule has 0 radical (unpaired) electrons. The number of rotatable bonds is 9. The zero-order valence-corrected chi connectivity index (χ0v) is 16.0. The van der Waals surface area contributed by atoms with E-state index in [0.717, 1.165) is 0 Å². The summed E-state index contributed by atoms with van der Waals surface area (Å²) >= 11 is 0. The van der Waals surface area contributed by atoms with Crippen molar-refractivity contribution in [2.75, 3.05) is 17.1 Å². The van der Waals surface area contributed by atoms with Gasteiger partial charge in [0.1, 0.15) is 5.69 Å². The van der Waals surface area contributed by atoms with E-state index in [2.05, 4.69) is 10.0 Å². The highest BCUT2D eigenvalue weighted by Crippen LogP contribution is 2.24. The Morgan fingerprint density at radius 3 is 2.46 bits per heavy atom. The van der Waals surface area contributed by atoms with E-state index in [1.807, 2.05) is 20.8 Å². The van der Waals surface area contributed by atoms with Gasteiger partial charge in [0, 0.05) is 11.6 Å². The molecule has 1 rings (SSSR count). The van der Waals surface area contributed by atoms with Crippen molar-refractivity contribution in [1.29, 1.82) is 0 Å². The van der Waals surface area contributed by atoms with Crippen molar-refractivity contribution in [2.24, 2.45) is 0 Å². The molecule has 2 N–H and O–H groups in total. The van der Waals surface area contributed by atoms with Crippen LogP contribution in [-0.2, 0) is 14.8 Å². The van der Waals surface area contributed by atoms with Crippen LogP contribution in [0.3, 0.4) is 0 Å². The van der Waals surface area contributed by atoms with Gasteiger partial charge in [-0.15, -0.1) is 0 Å². The summed E-state index contributed by atoms with van der Waals surface area (Å²) in [4.78, 5) is 21.7. The number of para-hydroxylation sites is 2. The second kappa shape index (κ2) is 9.37. The molecule has 0 aliphatic carbocycles. The van der Waals surface area contributed by atoms with E-state index in [1.165, 1.54) is 24.3 Å². The van der Waals surface area contributed by atoms with E-state index < -0.39 is 21.0 Å². The van der Waals surface area contributed by atoms with Crippen LogP contribution in [0.1, 0.15) is 40.0 Å². The summed E-state index contributed by atoms with van der Waals surface area (Å²) in [7, 11) is -3.69. The van der Waals surface area contributed by atoms with Gasteiger partial charge in [0.2, 0.25) is 10.0 Å². The van der Waals surface area contributed by atoms with Crippen molar-refractivity contribution in [3.05, 3.63) is 34.4 Å². The monoisotopic (exact) mass is 387 g/mol. The van der Waals surface area contributed by atoms with Crippen LogP contribution in [-0.4, -0.2) is 37.3 Å². The lowest BCUT2D eigenvalue weighted by Crippen LogP contribution is -2.41. The van der Waals surface area contributed by atoms with E-state index in [-0.39, 0.29) is 29.3 Å². The van der Waals surface area contributed by atoms with Crippen LogP contribution in [0.4, 0.5) is 16.2 Å². The van der Waals surface area contributed by atoms with Crippen molar-refractivity contribution >= 4 is 27.5 Å². The number of hydrogen-bond acceptors (Lipinski definition) is 6. The number of benzene rings is 1. The molecule has 146 valence electrons. The number of nitrogens with one attached hydrogen (secondary N) is 2. The summed E-state index contributed by atoms with van der Waals surface area (Å²) in [5.41, 5.74) is -0.731. The number of nitro groups is 1. The van der Waals surface area contributed by atoms with Gasteiger partial charge in [-0.3, -0.25) is 14.8 Å². The van der Waals surface area contributed by atoms with Crippen molar-refractivity contribution in [3.8, 4) is 0 Å². The lowest BCUT2D eigenvalue weighted by atomic mass is 10.1. The van der Waals surface area contributed by atoms with Crippen LogP contribution in [0.15, 0.2) is 24.3 Å². The van der Waals surface area contributed by atoms with Crippen molar-refractivity contribution in [3.63, 3.8) is 0 Å². The van der Waals surface area contributed by atoms with Crippen LogP contribution in [0, 0.1) is 10.1 Å². The first-order valence-electron chi connectivity index (χ1n) is 8.19. The summed E-state index contributed by atoms with van der Waals surface area (Å²) in [5, 5.41) is 13.6. The van der Waals surface area contributed by atoms with Crippen LogP contribution in [0.2, 0.25) is 0 Å². The molecule has 0 saturated carbocycles. The van der Waals surface area contributed by atoms with Crippen molar-refractivity contribution in [1.82, 2.24) is 5.32 Å². The SMILES string of the molecule is CC(C)(C)NC(=O)OCCCCCS(=O)(=O)Nc1ccccc1[N+](=O)[O-]. The molecule has 1 aromatic carbocycles. The first-order valence-corrected chi connectivity index (χ1v) is 9.84. The number of alkyl carbamates (subject to hydrolysis) is 1. The Morgan fingerprint density at radius 1 is 1.19 bits per heavy atom. The Bertz CT molecular complexity index is 728. The summed E-state index contributed by atoms with van der Waals surface area (Å²) in [6, 6.07) is 5.56. The van der Waals surface area contributed by atoms with Crippen LogP contribution < -0.4 is 10.0 Å². The maximum Gasteiger partial charge on any atom is 0.407 e. The first-order chi connectivity index (χ1) is 12.0. The van der Waals surface area contributed by atoms with E-state index in [9.17, 15) is 23.3 Å². The minimum atomic E-state index is -3.69. The number of anilines is 1. The van der Waals surface area contributed by atoms with Crippen LogP contribution in [0.5, 0.6) is 0 Å². The second-order valence-corrected chi connectivity index (χ2v) is 8.61. The molecule has 26 heavy (non-hydrogen) atoms. The molecule has 0 aliphatic heterocycles. The van der Waals surface area contributed by atoms with Gasteiger partial charge in [-0.1, -0.05) is 12.1 Å². The molecule has 1 aromatic rings. The molecular formula is C16H25N3O6S. The largest absolute Gasteiger partial charge is 0.450 e. The van der Waals surface area contributed by atoms with Gasteiger partial charge < -0.3 is 10.1 Å². The average molecular weight is 387 g/mol. The topological polar surface area (TPSA) is 128 Å². The number of amides is 1. The van der Waals surface area contributed by atoms with Gasteiger partial charge in [-0.2, -0.15) is 0 Å². The van der Waals surface area contributed by atoms with Gasteiger partial charge in [0.05, 0.1) is 17.3 Å². The Balaban J connectivity index is 2.35. The third kappa shape index (κ3) is 8.65. The van der Waals surface area contributed by atoms with Crippen molar-refractivity contribution < 1.29 is 22.9 Å². The maximum atomic E-state index is 12.0. The molecule has 0 atom stereocenters. The van der Waals surface area contributed by atoms with E-state index >= 15 is 0 Å². The summed E-state index contributed by atoms with van der Waals surface area (Å²) in [6.45, 7) is 5.70. The Labute approximate surface area is 153 Å². The number of nitrogens with zero attached hydrogens (tertiary/aromatic N) is 1. The fourth-order valence-corrected chi connectivity index (χ4v) is 3.21. The Hall–Kier alpha value is -2.36. The molecule has 0 fully saturated rings. The maximum absolute atomic E-state index is 12.0. The third-order valence-corrected chi connectivity index (χ3v) is 4.49. The van der Waals surface area contributed by atoms with Gasteiger partial charge in [0.15, 0.2) is 0 Å². The number of carbonyl (C=O) groups is 1. The predicted octanol–water partition coefficient (Wildman–Crippen LogP) is 3.03. The van der Waals surface area contributed by atoms with Gasteiger partial charge in [-0.25, -0.2) is 13.2 Å². The standard InChI is InChI=1S/C16H25N3O6S/c1-16(2,3)17-15(20)25-11-7-4-8-12-26(23,24)18-13-9-5-6-10-14(13)19(21)22/h5-6,9-10,18H,4,7-8,11-12H2,1-3H3,(H,17,20). The molecule has 1 amide bonds. The number of unbranched alkanes of at least 4 members (excludes halogenated alkanes) is 2. The van der Waals surface area contributed by atoms with E-state index in [1.54, 1.807) is 0 Å². The molecule has 0 heterocycles. The molecular weight excluding hydrogens is 362 g/mol. The lowest BCUT2D eigenvalue weighted by Gasteiger charge is -2.19. The van der Waals surface area contributed by atoms with E-state index in [0.29, 0.717) is 19.3 Å². The highest BCUT2D eigenvalue weighted by molar-refractivity contribution is 7.92. The predicted molar refractivity (Wildman–Crippen MR) is 98.6 cm³/mol. The quantitative estimate of drug-likeness (QED) is 0.381. The smallest absolute Gasteiger partial charge is 0.407 e. The first kappa shape index (κ1) is 21.7. The summed E-state index contributed by atoms with van der Waals surface area (Å²) in [6.07, 6.45) is 0.905. The molecule has 0 saturated heterocycles. The third-order valence-electron chi connectivity index (χ3n) is 3.13. The molecule has 0 spiro atoms. The second-order valence-electron chi connectivity index (χ2n) is 6.77. The lowest BCUT2D eigenvalue weighted by molar-refractivity contribution is -0.383. The average Bonchev–Trinajstić information content (AvgIpc) is 2.48. The fraction of sp³-hybridized carbons (Fsp3) is 0.562. The molecule has 0 aliphatic rings. The molecule has 9 nitrogen and oxygen atoms in total. The highest BCUT2D eigenvalue weighted by Gasteiger charge is 2.18. The highest BCUT2D eigenvalue weighted by atomic mass is 32.2. The van der Waals surface area contributed by atoms with Gasteiger partial charge >= 0.3 is 6.09 Å². The fourth-order valence-electron chi connectivity index (χ4n) is 2.02. The molecule has 0 bridgehead atoms. The van der Waals surface area contributed by atoms with Crippen LogP contribution >= 0.6 is 0 Å². The van der Waals surface area contributed by atoms with Gasteiger partial charge in [-0.05, 0) is 46.1 Å². The summed E-state index contributed by atoms with van der Waals surface area (Å²) in [5.74, 6) is -0.173. The summed E-state index contributed by atoms with van der Waals surface area (Å²) < 4.78 is 31.3. The number of sulfonamides is 1. The molecule has 0 unspecified atom stereocenters. The number of ether oxygens (including phenoxy) is 1. The zero-order chi connectivity index (χ0) is 19.8. The minimum Gasteiger partial charge on any atom is -0.450 e. The number of nitro benzene ring substituents is 1. The normalized spacial score (nSPS) is 11.7. The number of carbonyl (C=O) groups excluding carboxylic acids is 1. The Morgan fingerprint density at radius 2 is 1.85 bits per heavy atom. The zero-order valence-electron chi connectivity index (χ0n) is 15.1. The minimum absolute atomic E-state index is 0.0558. The van der Waals surface area contributed by atoms with Crippen molar-refractivity contribution in [2.45, 2.75) is 45.6 Å². The van der Waals surface area contributed by atoms with Gasteiger partial charge in [0.25, 0.3) is 5.69 Å². The molecule has 0 aromatic heterocycles. The van der Waals surface area contributed by atoms with Crippen LogP contribution in [0.25, 0.3) is 0 Å². The Kier molecular flexibility index (Phi) is 7.81. The number of hydrogen-bond donors (Lipinski definition) is 2.